The number of benzene rings is 1. The molecule has 1 aromatic rings. The zero-order chi connectivity index (χ0) is 15.9. The van der Waals surface area contributed by atoms with Gasteiger partial charge >= 0.3 is 0 Å². The van der Waals surface area contributed by atoms with Crippen molar-refractivity contribution in [2.75, 3.05) is 45.6 Å². The minimum Gasteiger partial charge on any atom is -0.379 e. The van der Waals surface area contributed by atoms with Gasteiger partial charge in [-0.05, 0) is 50.2 Å². The van der Waals surface area contributed by atoms with E-state index in [9.17, 15) is 0 Å². The summed E-state index contributed by atoms with van der Waals surface area (Å²) < 4.78 is 5.46. The summed E-state index contributed by atoms with van der Waals surface area (Å²) >= 11 is 1.87. The maximum atomic E-state index is 5.46. The third kappa shape index (κ3) is 4.96. The molecule has 3 rings (SSSR count). The lowest BCUT2D eigenvalue weighted by molar-refractivity contribution is 0.0301. The second kappa shape index (κ2) is 9.07. The quantitative estimate of drug-likeness (QED) is 0.740. The van der Waals surface area contributed by atoms with E-state index >= 15 is 0 Å². The van der Waals surface area contributed by atoms with Crippen LogP contribution in [-0.4, -0.2) is 61.5 Å². The van der Waals surface area contributed by atoms with Gasteiger partial charge in [-0.3, -0.25) is 9.80 Å². The van der Waals surface area contributed by atoms with Gasteiger partial charge in [-0.25, -0.2) is 0 Å². The normalized spacial score (nSPS) is 24.0. The van der Waals surface area contributed by atoms with Crippen molar-refractivity contribution in [3.63, 3.8) is 0 Å². The van der Waals surface area contributed by atoms with Gasteiger partial charge in [0, 0.05) is 30.6 Å². The molecule has 2 saturated heterocycles. The zero-order valence-electron chi connectivity index (χ0n) is 14.4. The first-order valence-electron chi connectivity index (χ1n) is 9.03. The van der Waals surface area contributed by atoms with Crippen LogP contribution in [-0.2, 0) is 11.3 Å². The average molecular weight is 335 g/mol. The largest absolute Gasteiger partial charge is 0.379 e. The van der Waals surface area contributed by atoms with Crippen molar-refractivity contribution in [1.29, 1.82) is 0 Å². The molecule has 3 nitrogen and oxygen atoms in total. The number of hydrogen-bond acceptors (Lipinski definition) is 4. The predicted molar refractivity (Wildman–Crippen MR) is 98.1 cm³/mol. The van der Waals surface area contributed by atoms with E-state index in [2.05, 4.69) is 40.3 Å². The molecule has 0 saturated carbocycles. The van der Waals surface area contributed by atoms with E-state index in [4.69, 9.17) is 4.74 Å². The van der Waals surface area contributed by atoms with Crippen LogP contribution in [0, 0.1) is 0 Å². The molecule has 0 unspecified atom stereocenters. The lowest BCUT2D eigenvalue weighted by Gasteiger charge is -2.37. The van der Waals surface area contributed by atoms with E-state index in [0.29, 0.717) is 0 Å². The Morgan fingerprint density at radius 2 is 1.96 bits per heavy atom. The van der Waals surface area contributed by atoms with E-state index in [-0.39, 0.29) is 0 Å². The van der Waals surface area contributed by atoms with Crippen molar-refractivity contribution in [3.05, 3.63) is 29.8 Å². The van der Waals surface area contributed by atoms with Gasteiger partial charge in [-0.15, -0.1) is 11.8 Å². The van der Waals surface area contributed by atoms with Crippen LogP contribution in [0.2, 0.25) is 0 Å². The van der Waals surface area contributed by atoms with Crippen LogP contribution in [0.1, 0.15) is 31.2 Å². The fraction of sp³-hybridized carbons (Fsp3) is 0.684. The summed E-state index contributed by atoms with van der Waals surface area (Å²) in [6, 6.07) is 9.65. The molecule has 2 aliphatic rings. The van der Waals surface area contributed by atoms with Gasteiger partial charge in [-0.1, -0.05) is 24.6 Å². The summed E-state index contributed by atoms with van der Waals surface area (Å²) in [5.41, 5.74) is 1.50. The minimum atomic E-state index is 0.751. The highest BCUT2D eigenvalue weighted by Crippen LogP contribution is 2.26. The topological polar surface area (TPSA) is 15.7 Å². The van der Waals surface area contributed by atoms with Crippen molar-refractivity contribution in [2.24, 2.45) is 0 Å². The molecule has 0 radical (unpaired) electrons. The Labute approximate surface area is 145 Å². The van der Waals surface area contributed by atoms with E-state index in [0.717, 1.165) is 38.9 Å². The first kappa shape index (κ1) is 17.3. The lowest BCUT2D eigenvalue weighted by atomic mass is 9.98. The third-order valence-electron chi connectivity index (χ3n) is 5.20. The Bertz CT molecular complexity index is 476. The summed E-state index contributed by atoms with van der Waals surface area (Å²) in [6.07, 6.45) is 7.61. The van der Waals surface area contributed by atoms with Gasteiger partial charge < -0.3 is 4.74 Å². The number of hydrogen-bond donors (Lipinski definition) is 0. The van der Waals surface area contributed by atoms with Gasteiger partial charge in [0.15, 0.2) is 0 Å². The molecule has 128 valence electrons. The van der Waals surface area contributed by atoms with Gasteiger partial charge in [0.2, 0.25) is 0 Å². The molecule has 1 atom stereocenters. The number of nitrogens with zero attached hydrogens (tertiary/aromatic N) is 2. The molecular weight excluding hydrogens is 304 g/mol. The first-order chi connectivity index (χ1) is 11.4. The molecule has 0 bridgehead atoms. The van der Waals surface area contributed by atoms with E-state index in [1.165, 1.54) is 49.2 Å². The highest BCUT2D eigenvalue weighted by atomic mass is 32.2. The molecule has 0 spiro atoms. The summed E-state index contributed by atoms with van der Waals surface area (Å²) in [4.78, 5) is 6.75. The van der Waals surface area contributed by atoms with Crippen molar-refractivity contribution in [3.8, 4) is 0 Å². The fourth-order valence-corrected chi connectivity index (χ4v) is 4.41. The fourth-order valence-electron chi connectivity index (χ4n) is 3.80. The zero-order valence-corrected chi connectivity index (χ0v) is 15.2. The molecule has 2 aliphatic heterocycles. The summed E-state index contributed by atoms with van der Waals surface area (Å²) in [5, 5.41) is 0. The molecule has 2 heterocycles. The molecule has 1 aromatic carbocycles. The number of ether oxygens (including phenoxy) is 1. The third-order valence-corrected chi connectivity index (χ3v) is 6.04. The molecular formula is C19H30N2OS. The van der Waals surface area contributed by atoms with Crippen molar-refractivity contribution in [1.82, 2.24) is 9.80 Å². The number of likely N-dealkylation sites (tertiary alicyclic amines) is 1. The Morgan fingerprint density at radius 1 is 1.13 bits per heavy atom. The second-order valence-electron chi connectivity index (χ2n) is 6.67. The van der Waals surface area contributed by atoms with E-state index < -0.39 is 0 Å². The minimum absolute atomic E-state index is 0.751. The van der Waals surface area contributed by atoms with Crippen LogP contribution >= 0.6 is 11.8 Å². The predicted octanol–water partition coefficient (Wildman–Crippen LogP) is 3.49. The van der Waals surface area contributed by atoms with Crippen molar-refractivity contribution >= 4 is 11.8 Å². The van der Waals surface area contributed by atoms with Crippen molar-refractivity contribution < 1.29 is 4.74 Å². The molecule has 0 aromatic heterocycles. The van der Waals surface area contributed by atoms with Gasteiger partial charge in [0.1, 0.15) is 0 Å². The van der Waals surface area contributed by atoms with Crippen LogP contribution in [0.4, 0.5) is 0 Å². The van der Waals surface area contributed by atoms with Crippen LogP contribution in [0.15, 0.2) is 29.2 Å². The van der Waals surface area contributed by atoms with Gasteiger partial charge in [0.25, 0.3) is 0 Å². The maximum absolute atomic E-state index is 5.46. The number of morpholine rings is 1. The van der Waals surface area contributed by atoms with Crippen LogP contribution in [0.25, 0.3) is 0 Å². The van der Waals surface area contributed by atoms with E-state index in [1.807, 2.05) is 11.8 Å². The highest BCUT2D eigenvalue weighted by molar-refractivity contribution is 7.98. The summed E-state index contributed by atoms with van der Waals surface area (Å²) in [7, 11) is 0. The lowest BCUT2D eigenvalue weighted by Crippen LogP contribution is -2.43. The average Bonchev–Trinajstić information content (AvgIpc) is 2.62. The molecule has 2 fully saturated rings. The standard InChI is InChI=1S/C19H30N2OS/c1-23-19-8-3-2-6-17(19)16-21-10-5-4-7-18(21)9-11-20-12-14-22-15-13-20/h2-3,6,8,18H,4-5,7,9-16H2,1H3/t18-/m1/s1. The Kier molecular flexibility index (Phi) is 6.81. The maximum Gasteiger partial charge on any atom is 0.0594 e. The molecule has 0 amide bonds. The van der Waals surface area contributed by atoms with Crippen molar-refractivity contribution in [2.45, 2.75) is 43.2 Å². The highest BCUT2D eigenvalue weighted by Gasteiger charge is 2.24. The van der Waals surface area contributed by atoms with Gasteiger partial charge in [-0.2, -0.15) is 0 Å². The Hall–Kier alpha value is -0.550. The number of rotatable bonds is 6. The van der Waals surface area contributed by atoms with Crippen LogP contribution < -0.4 is 0 Å². The molecule has 23 heavy (non-hydrogen) atoms. The van der Waals surface area contributed by atoms with Gasteiger partial charge in [0.05, 0.1) is 13.2 Å². The van der Waals surface area contributed by atoms with E-state index in [1.54, 1.807) is 0 Å². The Balaban J connectivity index is 1.57. The number of thioether (sulfide) groups is 1. The molecule has 4 heteroatoms. The SMILES string of the molecule is CSc1ccccc1CN1CCCC[C@@H]1CCN1CCOCC1. The number of piperidine rings is 1. The summed E-state index contributed by atoms with van der Waals surface area (Å²) in [5.74, 6) is 0. The first-order valence-corrected chi connectivity index (χ1v) is 10.3. The smallest absolute Gasteiger partial charge is 0.0594 e. The molecule has 0 N–H and O–H groups in total. The molecule has 0 aliphatic carbocycles. The van der Waals surface area contributed by atoms with Crippen LogP contribution in [0.5, 0.6) is 0 Å². The monoisotopic (exact) mass is 334 g/mol. The Morgan fingerprint density at radius 3 is 2.78 bits per heavy atom. The second-order valence-corrected chi connectivity index (χ2v) is 7.52. The summed E-state index contributed by atoms with van der Waals surface area (Å²) in [6.45, 7) is 7.66. The van der Waals surface area contributed by atoms with Crippen LogP contribution in [0.3, 0.4) is 0 Å².